The van der Waals surface area contributed by atoms with E-state index in [0.29, 0.717) is 31.6 Å². The molecule has 0 aromatic heterocycles. The lowest BCUT2D eigenvalue weighted by Gasteiger charge is -2.35. The van der Waals surface area contributed by atoms with Crippen LogP contribution in [0.3, 0.4) is 0 Å². The SMILES string of the molecule is CCOC(=O)N1CCC(N2C(=O)c3ccc(C(=O)Nc4ccc(F)cc4)cc3C2=O)CC1. The van der Waals surface area contributed by atoms with Gasteiger partial charge in [-0.3, -0.25) is 19.3 Å². The number of amides is 4. The number of imide groups is 1. The van der Waals surface area contributed by atoms with Crippen molar-refractivity contribution in [1.82, 2.24) is 9.80 Å². The molecule has 0 aliphatic carbocycles. The number of hydrogen-bond acceptors (Lipinski definition) is 5. The maximum Gasteiger partial charge on any atom is 0.409 e. The van der Waals surface area contributed by atoms with Crippen LogP contribution in [0.4, 0.5) is 14.9 Å². The zero-order chi connectivity index (χ0) is 22.8. The van der Waals surface area contributed by atoms with Crippen molar-refractivity contribution >= 4 is 29.5 Å². The zero-order valence-electron chi connectivity index (χ0n) is 17.5. The van der Waals surface area contributed by atoms with Crippen molar-refractivity contribution in [3.8, 4) is 0 Å². The van der Waals surface area contributed by atoms with Crippen LogP contribution >= 0.6 is 0 Å². The molecule has 1 saturated heterocycles. The van der Waals surface area contributed by atoms with E-state index in [-0.39, 0.29) is 29.3 Å². The lowest BCUT2D eigenvalue weighted by Crippen LogP contribution is -2.48. The van der Waals surface area contributed by atoms with Gasteiger partial charge in [-0.05, 0) is 62.2 Å². The zero-order valence-corrected chi connectivity index (χ0v) is 17.5. The lowest BCUT2D eigenvalue weighted by molar-refractivity contribution is 0.0485. The van der Waals surface area contributed by atoms with Gasteiger partial charge < -0.3 is 15.0 Å². The Labute approximate surface area is 183 Å². The molecule has 0 radical (unpaired) electrons. The van der Waals surface area contributed by atoms with Crippen molar-refractivity contribution in [2.75, 3.05) is 25.0 Å². The van der Waals surface area contributed by atoms with Crippen LogP contribution in [0.25, 0.3) is 0 Å². The largest absolute Gasteiger partial charge is 0.450 e. The molecule has 1 N–H and O–H groups in total. The lowest BCUT2D eigenvalue weighted by atomic mass is 10.0. The van der Waals surface area contributed by atoms with Crippen molar-refractivity contribution in [3.05, 3.63) is 65.0 Å². The molecule has 166 valence electrons. The Kier molecular flexibility index (Phi) is 5.89. The van der Waals surface area contributed by atoms with Crippen LogP contribution in [0, 0.1) is 5.82 Å². The first kappa shape index (κ1) is 21.5. The van der Waals surface area contributed by atoms with Crippen molar-refractivity contribution < 1.29 is 28.3 Å². The van der Waals surface area contributed by atoms with Gasteiger partial charge in [-0.25, -0.2) is 9.18 Å². The van der Waals surface area contributed by atoms with Gasteiger partial charge in [-0.15, -0.1) is 0 Å². The number of likely N-dealkylation sites (tertiary alicyclic amines) is 1. The van der Waals surface area contributed by atoms with Crippen molar-refractivity contribution in [2.45, 2.75) is 25.8 Å². The maximum atomic E-state index is 13.1. The Hall–Kier alpha value is -3.75. The van der Waals surface area contributed by atoms with E-state index in [1.165, 1.54) is 47.4 Å². The topological polar surface area (TPSA) is 96.0 Å². The summed E-state index contributed by atoms with van der Waals surface area (Å²) >= 11 is 0. The average Bonchev–Trinajstić information content (AvgIpc) is 3.05. The van der Waals surface area contributed by atoms with E-state index in [4.69, 9.17) is 4.74 Å². The first-order chi connectivity index (χ1) is 15.4. The minimum atomic E-state index is -0.471. The molecule has 2 aromatic rings. The van der Waals surface area contributed by atoms with E-state index in [9.17, 15) is 23.6 Å². The van der Waals surface area contributed by atoms with Gasteiger partial charge in [-0.1, -0.05) is 0 Å². The van der Waals surface area contributed by atoms with Crippen LogP contribution < -0.4 is 5.32 Å². The standard InChI is InChI=1S/C23H22FN3O5/c1-2-32-23(31)26-11-9-17(10-12-26)27-21(29)18-8-3-14(13-19(18)22(27)30)20(28)25-16-6-4-15(24)5-7-16/h3-8,13,17H,2,9-12H2,1H3,(H,25,28). The van der Waals surface area contributed by atoms with Gasteiger partial charge in [0.05, 0.1) is 17.7 Å². The fourth-order valence-corrected chi connectivity index (χ4v) is 3.99. The number of ether oxygens (including phenoxy) is 1. The number of hydrogen-bond donors (Lipinski definition) is 1. The highest BCUT2D eigenvalue weighted by Gasteiger charge is 2.41. The average molecular weight is 439 g/mol. The molecule has 0 bridgehead atoms. The number of nitrogens with zero attached hydrogens (tertiary/aromatic N) is 2. The fourth-order valence-electron chi connectivity index (χ4n) is 3.99. The molecular weight excluding hydrogens is 417 g/mol. The summed E-state index contributed by atoms with van der Waals surface area (Å²) < 4.78 is 18.1. The summed E-state index contributed by atoms with van der Waals surface area (Å²) in [6.07, 6.45) is 0.523. The number of nitrogens with one attached hydrogen (secondary N) is 1. The molecule has 0 atom stereocenters. The highest BCUT2D eigenvalue weighted by atomic mass is 19.1. The number of halogens is 1. The molecule has 0 saturated carbocycles. The third-order valence-corrected chi connectivity index (χ3v) is 5.64. The number of rotatable bonds is 4. The highest BCUT2D eigenvalue weighted by molar-refractivity contribution is 6.22. The summed E-state index contributed by atoms with van der Waals surface area (Å²) in [7, 11) is 0. The second-order valence-electron chi connectivity index (χ2n) is 7.62. The van der Waals surface area contributed by atoms with Crippen molar-refractivity contribution in [3.63, 3.8) is 0 Å². The van der Waals surface area contributed by atoms with Gasteiger partial charge >= 0.3 is 6.09 Å². The molecule has 4 amide bonds. The second kappa shape index (κ2) is 8.78. The summed E-state index contributed by atoms with van der Waals surface area (Å²) in [6.45, 7) is 2.80. The molecule has 2 aliphatic heterocycles. The minimum Gasteiger partial charge on any atom is -0.450 e. The van der Waals surface area contributed by atoms with E-state index in [1.807, 2.05) is 0 Å². The van der Waals surface area contributed by atoms with Gasteiger partial charge in [0.1, 0.15) is 5.82 Å². The molecule has 1 fully saturated rings. The fraction of sp³-hybridized carbons (Fsp3) is 0.304. The molecular formula is C23H22FN3O5. The Morgan fingerprint density at radius 2 is 1.69 bits per heavy atom. The Morgan fingerprint density at radius 3 is 2.34 bits per heavy atom. The summed E-state index contributed by atoms with van der Waals surface area (Å²) in [5.74, 6) is -1.74. The predicted molar refractivity (Wildman–Crippen MR) is 113 cm³/mol. The Morgan fingerprint density at radius 1 is 1.03 bits per heavy atom. The second-order valence-corrected chi connectivity index (χ2v) is 7.62. The van der Waals surface area contributed by atoms with Crippen LogP contribution in [0.2, 0.25) is 0 Å². The summed E-state index contributed by atoms with van der Waals surface area (Å²) in [4.78, 5) is 53.2. The Bertz CT molecular complexity index is 1080. The Balaban J connectivity index is 1.46. The number of benzene rings is 2. The molecule has 2 aromatic carbocycles. The van der Waals surface area contributed by atoms with Gasteiger partial charge in [0.25, 0.3) is 17.7 Å². The number of anilines is 1. The molecule has 2 aliphatic rings. The monoisotopic (exact) mass is 439 g/mol. The van der Waals surface area contributed by atoms with Gasteiger partial charge in [0.2, 0.25) is 0 Å². The van der Waals surface area contributed by atoms with Crippen LogP contribution in [-0.2, 0) is 4.74 Å². The van der Waals surface area contributed by atoms with Crippen LogP contribution in [0.5, 0.6) is 0 Å². The van der Waals surface area contributed by atoms with E-state index in [0.717, 1.165) is 0 Å². The normalized spacial score (nSPS) is 16.2. The van der Waals surface area contributed by atoms with Crippen molar-refractivity contribution in [2.24, 2.45) is 0 Å². The first-order valence-corrected chi connectivity index (χ1v) is 10.4. The highest BCUT2D eigenvalue weighted by Crippen LogP contribution is 2.29. The smallest absolute Gasteiger partial charge is 0.409 e. The third-order valence-electron chi connectivity index (χ3n) is 5.64. The predicted octanol–water partition coefficient (Wildman–Crippen LogP) is 3.29. The molecule has 8 nitrogen and oxygen atoms in total. The summed E-state index contributed by atoms with van der Waals surface area (Å²) in [5.41, 5.74) is 1.05. The number of piperidine rings is 1. The number of carbonyl (C=O) groups is 4. The molecule has 0 spiro atoms. The van der Waals surface area contributed by atoms with E-state index in [1.54, 1.807) is 11.8 Å². The third kappa shape index (κ3) is 4.05. The number of carbonyl (C=O) groups excluding carboxylic acids is 4. The summed E-state index contributed by atoms with van der Waals surface area (Å²) in [5, 5.41) is 2.64. The summed E-state index contributed by atoms with van der Waals surface area (Å²) in [6, 6.07) is 9.35. The molecule has 0 unspecified atom stereocenters. The van der Waals surface area contributed by atoms with E-state index in [2.05, 4.69) is 5.32 Å². The number of fused-ring (bicyclic) bond motifs is 1. The molecule has 9 heteroatoms. The van der Waals surface area contributed by atoms with Crippen molar-refractivity contribution in [1.29, 1.82) is 0 Å². The minimum absolute atomic E-state index is 0.176. The molecule has 2 heterocycles. The van der Waals surface area contributed by atoms with Crippen LogP contribution in [-0.4, -0.2) is 59.4 Å². The van der Waals surface area contributed by atoms with Gasteiger partial charge in [0.15, 0.2) is 0 Å². The van der Waals surface area contributed by atoms with E-state index >= 15 is 0 Å². The maximum absolute atomic E-state index is 13.1. The molecule has 32 heavy (non-hydrogen) atoms. The van der Waals surface area contributed by atoms with Crippen LogP contribution in [0.15, 0.2) is 42.5 Å². The molecule has 4 rings (SSSR count). The van der Waals surface area contributed by atoms with Crippen LogP contribution in [0.1, 0.15) is 50.8 Å². The van der Waals surface area contributed by atoms with E-state index < -0.39 is 29.6 Å². The van der Waals surface area contributed by atoms with Gasteiger partial charge in [-0.2, -0.15) is 0 Å². The first-order valence-electron chi connectivity index (χ1n) is 10.4. The van der Waals surface area contributed by atoms with Gasteiger partial charge in [0, 0.05) is 30.4 Å². The quantitative estimate of drug-likeness (QED) is 0.738.